The van der Waals surface area contributed by atoms with Crippen LogP contribution in [0, 0.1) is 23.7 Å². The molecule has 0 aromatic heterocycles. The van der Waals surface area contributed by atoms with Gasteiger partial charge in [-0.05, 0) is 106 Å². The predicted molar refractivity (Wildman–Crippen MR) is 182 cm³/mol. The molecule has 1 saturated heterocycles. The van der Waals surface area contributed by atoms with Gasteiger partial charge >= 0.3 is 5.97 Å². The van der Waals surface area contributed by atoms with Gasteiger partial charge in [0.05, 0.1) is 24.7 Å². The first-order valence-corrected chi connectivity index (χ1v) is 17.4. The van der Waals surface area contributed by atoms with E-state index in [9.17, 15) is 19.8 Å². The largest absolute Gasteiger partial charge is 0.462 e. The van der Waals surface area contributed by atoms with Crippen LogP contribution in [-0.4, -0.2) is 122 Å². The zero-order valence-corrected chi connectivity index (χ0v) is 30.3. The molecule has 0 aromatic carbocycles. The van der Waals surface area contributed by atoms with Crippen molar-refractivity contribution in [3.8, 4) is 0 Å². The number of allylic oxidation sites excluding steroid dienone is 3. The lowest BCUT2D eigenvalue weighted by Gasteiger charge is -2.44. The zero-order chi connectivity index (χ0) is 34.6. The highest BCUT2D eigenvalue weighted by molar-refractivity contribution is 5.91. The summed E-state index contributed by atoms with van der Waals surface area (Å²) >= 11 is 0. The quantitative estimate of drug-likeness (QED) is 0.225. The Kier molecular flexibility index (Phi) is 17.6. The van der Waals surface area contributed by atoms with Gasteiger partial charge < -0.3 is 39.5 Å². The summed E-state index contributed by atoms with van der Waals surface area (Å²) in [7, 11) is 7.97. The monoisotopic (exact) mass is 651 g/mol. The van der Waals surface area contributed by atoms with E-state index in [1.165, 1.54) is 0 Å². The Bertz CT molecular complexity index is 987. The molecule has 11 atom stereocenters. The number of rotatable bonds is 11. The van der Waals surface area contributed by atoms with Gasteiger partial charge in [0.1, 0.15) is 12.2 Å². The summed E-state index contributed by atoms with van der Waals surface area (Å²) in [6, 6.07) is -0.165. The summed E-state index contributed by atoms with van der Waals surface area (Å²) in [5.41, 5.74) is 0.927. The molecule has 0 saturated carbocycles. The van der Waals surface area contributed by atoms with Gasteiger partial charge in [0.15, 0.2) is 12.1 Å². The van der Waals surface area contributed by atoms with Gasteiger partial charge in [-0.2, -0.15) is 0 Å². The molecule has 2 aliphatic heterocycles. The van der Waals surface area contributed by atoms with Gasteiger partial charge in [-0.25, -0.2) is 0 Å². The average Bonchev–Trinajstić information content (AvgIpc) is 2.98. The Morgan fingerprint density at radius 2 is 1.72 bits per heavy atom. The number of hydrogen-bond donors (Lipinski definition) is 3. The second kappa shape index (κ2) is 20.0. The molecule has 10 nitrogen and oxygen atoms in total. The molecule has 0 bridgehead atoms. The minimum Gasteiger partial charge on any atom is -0.462 e. The van der Waals surface area contributed by atoms with Gasteiger partial charge in [-0.15, -0.1) is 0 Å². The minimum absolute atomic E-state index is 0.0251. The number of nitrogens with one attached hydrogen (secondary N) is 1. The first-order chi connectivity index (χ1) is 21.6. The highest BCUT2D eigenvalue weighted by Gasteiger charge is 2.43. The van der Waals surface area contributed by atoms with Crippen molar-refractivity contribution in [2.75, 3.05) is 47.8 Å². The number of carbonyl (C=O) groups excluding carboxylic acids is 2. The van der Waals surface area contributed by atoms with E-state index in [0.717, 1.165) is 25.1 Å². The zero-order valence-electron chi connectivity index (χ0n) is 30.3. The number of esters is 1. The van der Waals surface area contributed by atoms with Crippen LogP contribution >= 0.6 is 0 Å². The number of ketones is 1. The Labute approximate surface area is 278 Å². The fourth-order valence-electron chi connectivity index (χ4n) is 6.70. The molecular weight excluding hydrogens is 586 g/mol. The lowest BCUT2D eigenvalue weighted by atomic mass is 9.79. The van der Waals surface area contributed by atoms with Gasteiger partial charge in [-0.1, -0.05) is 45.4 Å². The van der Waals surface area contributed by atoms with Gasteiger partial charge in [0.2, 0.25) is 0 Å². The van der Waals surface area contributed by atoms with E-state index in [-0.39, 0.29) is 48.2 Å². The molecule has 2 heterocycles. The summed E-state index contributed by atoms with van der Waals surface area (Å²) in [6.07, 6.45) is 4.82. The predicted octanol–water partition coefficient (Wildman–Crippen LogP) is 3.80. The maximum atomic E-state index is 13.4. The molecule has 1 unspecified atom stereocenters. The third kappa shape index (κ3) is 13.1. The number of aliphatic hydroxyl groups is 2. The molecular formula is C36H65N3O7. The molecule has 2 aliphatic rings. The van der Waals surface area contributed by atoms with Crippen molar-refractivity contribution in [1.82, 2.24) is 15.1 Å². The maximum Gasteiger partial charge on any atom is 0.308 e. The molecule has 0 spiro atoms. The van der Waals surface area contributed by atoms with E-state index >= 15 is 0 Å². The molecule has 0 radical (unpaired) electrons. The molecule has 266 valence electrons. The molecule has 1 fully saturated rings. The number of cyclic esters (lactones) is 1. The van der Waals surface area contributed by atoms with E-state index in [1.807, 2.05) is 72.7 Å². The second-order valence-electron chi connectivity index (χ2n) is 14.3. The fraction of sp³-hybridized carbons (Fsp3) is 0.833. The van der Waals surface area contributed by atoms with Crippen LogP contribution in [0.5, 0.6) is 0 Å². The van der Waals surface area contributed by atoms with E-state index in [4.69, 9.17) is 14.2 Å². The number of hydrogen-bond acceptors (Lipinski definition) is 10. The van der Waals surface area contributed by atoms with Crippen LogP contribution < -0.4 is 5.32 Å². The highest BCUT2D eigenvalue weighted by atomic mass is 16.7. The number of nitrogens with zero attached hydrogens (tertiary/aromatic N) is 2. The van der Waals surface area contributed by atoms with Crippen LogP contribution in [0.3, 0.4) is 0 Å². The summed E-state index contributed by atoms with van der Waals surface area (Å²) < 4.78 is 18.8. The van der Waals surface area contributed by atoms with E-state index in [0.29, 0.717) is 32.2 Å². The fourth-order valence-corrected chi connectivity index (χ4v) is 6.70. The van der Waals surface area contributed by atoms with Crippen LogP contribution in [0.2, 0.25) is 0 Å². The lowest BCUT2D eigenvalue weighted by Crippen LogP contribution is -2.56. The summed E-state index contributed by atoms with van der Waals surface area (Å²) in [5, 5.41) is 26.4. The Balaban J connectivity index is 2.48. The topological polar surface area (TPSA) is 121 Å². The second-order valence-corrected chi connectivity index (χ2v) is 14.3. The molecule has 0 aromatic rings. The molecule has 2 rings (SSSR count). The van der Waals surface area contributed by atoms with Gasteiger partial charge in [0, 0.05) is 23.8 Å². The van der Waals surface area contributed by atoms with Crippen molar-refractivity contribution in [1.29, 1.82) is 0 Å². The summed E-state index contributed by atoms with van der Waals surface area (Å²) in [4.78, 5) is 30.7. The van der Waals surface area contributed by atoms with Crippen molar-refractivity contribution < 1.29 is 34.0 Å². The summed E-state index contributed by atoms with van der Waals surface area (Å²) in [5.74, 6) is -1.48. The Morgan fingerprint density at radius 3 is 2.35 bits per heavy atom. The van der Waals surface area contributed by atoms with Crippen molar-refractivity contribution in [3.05, 3.63) is 23.8 Å². The smallest absolute Gasteiger partial charge is 0.308 e. The first-order valence-electron chi connectivity index (χ1n) is 17.4. The SMILES string of the molecule is CC[C@H]1OC(=O)CC(O)[C@H](C)[C@@H](O[C@@H]2O[C@H](C)C[C@H](N(C)C)[C@H]2O)[C@@H](CCNCCCN(C)C)C[C@@H](C)C(=O)/C=C/C(C)=C/[C@@H]1C. The number of ether oxygens (including phenoxy) is 3. The lowest BCUT2D eigenvalue weighted by molar-refractivity contribution is -0.283. The molecule has 46 heavy (non-hydrogen) atoms. The Hall–Kier alpha value is -1.66. The van der Waals surface area contributed by atoms with Crippen LogP contribution in [0.4, 0.5) is 0 Å². The van der Waals surface area contributed by atoms with Gasteiger partial charge in [0.25, 0.3) is 0 Å². The van der Waals surface area contributed by atoms with Crippen LogP contribution in [0.15, 0.2) is 23.8 Å². The molecule has 3 N–H and O–H groups in total. The third-order valence-electron chi connectivity index (χ3n) is 9.63. The first kappa shape index (κ1) is 40.5. The van der Waals surface area contributed by atoms with Crippen molar-refractivity contribution in [2.24, 2.45) is 23.7 Å². The third-order valence-corrected chi connectivity index (χ3v) is 9.63. The van der Waals surface area contributed by atoms with Crippen molar-refractivity contribution in [2.45, 2.75) is 123 Å². The standard InChI is InChI=1S/C36H65N3O7/c1-11-32-25(4)19-23(2)13-14-30(40)24(3)20-28(15-17-37-16-12-18-38(7)8)35(27(6)31(41)22-33(42)45-32)46-36-34(43)29(39(9)10)21-26(5)44-36/h13-14,19,24-29,31-32,34-37,41,43H,11-12,15-18,20-22H2,1-10H3/b14-13+,23-19+/t24-,25+,26-,27+,28+,29+,31?,32-,34-,35-,36+/m1/s1. The molecule has 10 heteroatoms. The van der Waals surface area contributed by atoms with E-state index in [2.05, 4.69) is 24.3 Å². The number of carbonyl (C=O) groups is 2. The number of aliphatic hydroxyl groups excluding tert-OH is 2. The normalized spacial score (nSPS) is 37.6. The van der Waals surface area contributed by atoms with Crippen LogP contribution in [-0.2, 0) is 23.8 Å². The number of likely N-dealkylation sites (N-methyl/N-ethyl adjacent to an activating group) is 1. The van der Waals surface area contributed by atoms with Crippen molar-refractivity contribution in [3.63, 3.8) is 0 Å². The van der Waals surface area contributed by atoms with E-state index in [1.54, 1.807) is 6.08 Å². The Morgan fingerprint density at radius 1 is 1.02 bits per heavy atom. The average molecular weight is 652 g/mol. The van der Waals surface area contributed by atoms with Crippen LogP contribution in [0.1, 0.15) is 80.1 Å². The van der Waals surface area contributed by atoms with Crippen LogP contribution in [0.25, 0.3) is 0 Å². The van der Waals surface area contributed by atoms with Gasteiger partial charge in [-0.3, -0.25) is 9.59 Å². The minimum atomic E-state index is -1.06. The maximum absolute atomic E-state index is 13.4. The molecule has 0 aliphatic carbocycles. The highest BCUT2D eigenvalue weighted by Crippen LogP contribution is 2.34. The molecule has 0 amide bonds. The van der Waals surface area contributed by atoms with Crippen molar-refractivity contribution >= 4 is 11.8 Å². The summed E-state index contributed by atoms with van der Waals surface area (Å²) in [6.45, 7) is 14.2. The van der Waals surface area contributed by atoms with E-state index < -0.39 is 36.5 Å².